The van der Waals surface area contributed by atoms with E-state index in [2.05, 4.69) is 0 Å². The van der Waals surface area contributed by atoms with E-state index in [1.165, 1.54) is 24.3 Å². The standard InChI is InChI=1S/C16H10N4O6Se2/c21-15-11-7-9(19(23)24)1-3-13(11)27-17(15)5-6-18-16(22)12-8-10(20(25)26)2-4-14(12)28-18/h1-4,7-8H,5-6H2. The Balaban J connectivity index is 1.66. The van der Waals surface area contributed by atoms with Crippen molar-refractivity contribution in [2.24, 2.45) is 0 Å². The molecule has 2 aromatic carbocycles. The molecule has 0 bridgehead atoms. The quantitative estimate of drug-likeness (QED) is 0.222. The van der Waals surface area contributed by atoms with Crippen molar-refractivity contribution >= 4 is 60.1 Å². The summed E-state index contributed by atoms with van der Waals surface area (Å²) in [5.41, 5.74) is -0.795. The third-order valence-electron chi connectivity index (χ3n) is 4.19. The van der Waals surface area contributed by atoms with Crippen molar-refractivity contribution < 1.29 is 9.85 Å². The number of hydrogen-bond acceptors (Lipinski definition) is 6. The summed E-state index contributed by atoms with van der Waals surface area (Å²) in [6, 6.07) is 8.55. The predicted molar refractivity (Wildman–Crippen MR) is 104 cm³/mol. The zero-order valence-electron chi connectivity index (χ0n) is 13.9. The summed E-state index contributed by atoms with van der Waals surface area (Å²) >= 11 is -0.605. The average Bonchev–Trinajstić information content (AvgIpc) is 3.16. The third kappa shape index (κ3) is 3.16. The van der Waals surface area contributed by atoms with E-state index in [0.29, 0.717) is 23.9 Å². The van der Waals surface area contributed by atoms with Crippen LogP contribution < -0.4 is 11.1 Å². The number of aryl methyl sites for hydroxylation is 2. The van der Waals surface area contributed by atoms with Gasteiger partial charge in [0, 0.05) is 0 Å². The first-order valence-electron chi connectivity index (χ1n) is 7.91. The molecule has 142 valence electrons. The van der Waals surface area contributed by atoms with Crippen molar-refractivity contribution in [1.82, 2.24) is 7.12 Å². The molecule has 0 spiro atoms. The summed E-state index contributed by atoms with van der Waals surface area (Å²) in [4.78, 5) is 45.8. The van der Waals surface area contributed by atoms with Crippen LogP contribution in [0.1, 0.15) is 0 Å². The van der Waals surface area contributed by atoms with E-state index < -0.39 is 9.85 Å². The number of benzene rings is 2. The zero-order chi connectivity index (χ0) is 20.0. The number of nitro benzene ring substituents is 2. The van der Waals surface area contributed by atoms with Crippen molar-refractivity contribution in [3.63, 3.8) is 0 Å². The number of nitro groups is 2. The SMILES string of the molecule is O=c1c2cc([N+](=O)[O-])ccc2[se]n1CCn1[se]c2ccc([N+](=O)[O-])cc2c1=O. The van der Waals surface area contributed by atoms with Gasteiger partial charge in [-0.1, -0.05) is 0 Å². The van der Waals surface area contributed by atoms with Crippen molar-refractivity contribution in [3.05, 3.63) is 77.3 Å². The number of fused-ring (bicyclic) bond motifs is 2. The van der Waals surface area contributed by atoms with Crippen LogP contribution in [0.4, 0.5) is 11.4 Å². The summed E-state index contributed by atoms with van der Waals surface area (Å²) < 4.78 is 4.77. The molecular formula is C16H10N4O6Se2. The number of nitrogens with zero attached hydrogens (tertiary/aromatic N) is 4. The molecule has 4 rings (SSSR count). The number of non-ortho nitro benzene ring substituents is 2. The van der Waals surface area contributed by atoms with Gasteiger partial charge in [0.25, 0.3) is 0 Å². The molecule has 0 unspecified atom stereocenters. The molecule has 12 heteroatoms. The molecule has 28 heavy (non-hydrogen) atoms. The van der Waals surface area contributed by atoms with Crippen LogP contribution >= 0.6 is 0 Å². The minimum atomic E-state index is -0.537. The van der Waals surface area contributed by atoms with Gasteiger partial charge in [0.1, 0.15) is 0 Å². The molecule has 0 aliphatic carbocycles. The first kappa shape index (κ1) is 18.6. The average molecular weight is 512 g/mol. The maximum absolute atomic E-state index is 12.5. The Hall–Kier alpha value is -2.78. The number of aromatic nitrogens is 2. The monoisotopic (exact) mass is 514 g/mol. The molecule has 0 aliphatic rings. The van der Waals surface area contributed by atoms with Gasteiger partial charge in [-0.05, 0) is 0 Å². The second kappa shape index (κ2) is 6.99. The zero-order valence-corrected chi connectivity index (χ0v) is 17.4. The Morgan fingerprint density at radius 2 is 1.14 bits per heavy atom. The molecule has 2 heterocycles. The van der Waals surface area contributed by atoms with E-state index in [0.717, 1.165) is 8.52 Å². The van der Waals surface area contributed by atoms with Gasteiger partial charge in [-0.15, -0.1) is 0 Å². The van der Waals surface area contributed by atoms with E-state index in [1.54, 1.807) is 19.3 Å². The van der Waals surface area contributed by atoms with Gasteiger partial charge >= 0.3 is 168 Å². The molecule has 10 nitrogen and oxygen atoms in total. The fourth-order valence-corrected chi connectivity index (χ4v) is 6.87. The van der Waals surface area contributed by atoms with Gasteiger partial charge in [0.2, 0.25) is 0 Å². The molecule has 0 N–H and O–H groups in total. The molecule has 2 aromatic heterocycles. The second-order valence-electron chi connectivity index (χ2n) is 5.87. The number of hydrogen-bond donors (Lipinski definition) is 0. The number of rotatable bonds is 5. The Labute approximate surface area is 167 Å². The van der Waals surface area contributed by atoms with Gasteiger partial charge in [0.05, 0.1) is 0 Å². The van der Waals surface area contributed by atoms with Crippen LogP contribution in [-0.2, 0) is 13.1 Å². The van der Waals surface area contributed by atoms with Crippen LogP contribution in [0, 0.1) is 20.2 Å². The predicted octanol–water partition coefficient (Wildman–Crippen LogP) is 0.947. The summed E-state index contributed by atoms with van der Waals surface area (Å²) in [7, 11) is 0. The van der Waals surface area contributed by atoms with Gasteiger partial charge in [-0.25, -0.2) is 0 Å². The third-order valence-corrected chi connectivity index (χ3v) is 8.89. The fraction of sp³-hybridized carbons (Fsp3) is 0.125. The van der Waals surface area contributed by atoms with Crippen molar-refractivity contribution in [3.8, 4) is 0 Å². The van der Waals surface area contributed by atoms with Crippen molar-refractivity contribution in [1.29, 1.82) is 0 Å². The summed E-state index contributed by atoms with van der Waals surface area (Å²) in [6.07, 6.45) is 0. The molecule has 4 aromatic rings. The van der Waals surface area contributed by atoms with E-state index in [4.69, 9.17) is 0 Å². The Kier molecular flexibility index (Phi) is 4.64. The van der Waals surface area contributed by atoms with Gasteiger partial charge in [-0.3, -0.25) is 0 Å². The van der Waals surface area contributed by atoms with Crippen LogP contribution in [0.15, 0.2) is 46.0 Å². The maximum atomic E-state index is 12.5. The molecule has 0 saturated carbocycles. The Morgan fingerprint density at radius 1 is 0.750 bits per heavy atom. The van der Waals surface area contributed by atoms with E-state index in [9.17, 15) is 29.8 Å². The van der Waals surface area contributed by atoms with Gasteiger partial charge in [0.15, 0.2) is 0 Å². The van der Waals surface area contributed by atoms with Crippen LogP contribution in [0.5, 0.6) is 0 Å². The van der Waals surface area contributed by atoms with E-state index in [-0.39, 0.29) is 52.0 Å². The van der Waals surface area contributed by atoms with Gasteiger partial charge in [-0.2, -0.15) is 0 Å². The van der Waals surface area contributed by atoms with Crippen molar-refractivity contribution in [2.45, 2.75) is 13.1 Å². The van der Waals surface area contributed by atoms with E-state index >= 15 is 0 Å². The summed E-state index contributed by atoms with van der Waals surface area (Å²) in [6.45, 7) is 0.621. The summed E-state index contributed by atoms with van der Waals surface area (Å²) in [5, 5.41) is 22.5. The van der Waals surface area contributed by atoms with Crippen LogP contribution in [0.25, 0.3) is 19.3 Å². The molecule has 0 aliphatic heterocycles. The Bertz CT molecular complexity index is 1270. The molecule has 0 radical (unpaired) electrons. The van der Waals surface area contributed by atoms with Crippen LogP contribution in [0.2, 0.25) is 0 Å². The summed E-state index contributed by atoms with van der Waals surface area (Å²) in [5.74, 6) is 0. The second-order valence-corrected chi connectivity index (χ2v) is 10.3. The molecule has 0 amide bonds. The van der Waals surface area contributed by atoms with Crippen molar-refractivity contribution in [2.75, 3.05) is 0 Å². The normalized spacial score (nSPS) is 11.3. The molecular weight excluding hydrogens is 502 g/mol. The van der Waals surface area contributed by atoms with Gasteiger partial charge < -0.3 is 0 Å². The van der Waals surface area contributed by atoms with E-state index in [1.807, 2.05) is 0 Å². The first-order valence-corrected chi connectivity index (χ1v) is 11.2. The molecule has 0 fully saturated rings. The topological polar surface area (TPSA) is 130 Å². The van der Waals surface area contributed by atoms with Crippen LogP contribution in [0.3, 0.4) is 0 Å². The fourth-order valence-electron chi connectivity index (χ4n) is 2.82. The molecule has 0 saturated heterocycles. The first-order chi connectivity index (χ1) is 13.3. The Morgan fingerprint density at radius 3 is 1.50 bits per heavy atom. The van der Waals surface area contributed by atoms with Crippen LogP contribution in [-0.4, -0.2) is 46.4 Å². The minimum absolute atomic E-state index is 0.125. The molecule has 0 atom stereocenters.